The van der Waals surface area contributed by atoms with Gasteiger partial charge in [0.15, 0.2) is 0 Å². The quantitative estimate of drug-likeness (QED) is 0.0976. The summed E-state index contributed by atoms with van der Waals surface area (Å²) in [6.45, 7) is 4.98. The lowest BCUT2D eigenvalue weighted by Crippen LogP contribution is -2.51. The summed E-state index contributed by atoms with van der Waals surface area (Å²) in [7, 11) is 2.61. The molecule has 8 rings (SSSR count). The van der Waals surface area contributed by atoms with Gasteiger partial charge in [-0.1, -0.05) is 76.3 Å². The molecule has 0 bridgehead atoms. The molecule has 1 saturated carbocycles. The number of likely N-dealkylation sites (tertiary alicyclic amines) is 2. The number of nitrogens with one attached hydrogen (secondary N) is 4. The first-order valence-electron chi connectivity index (χ1n) is 21.9. The maximum absolute atomic E-state index is 14.0. The number of imidazole rings is 2. The minimum atomic E-state index is -0.697. The third-order valence-corrected chi connectivity index (χ3v) is 12.7. The number of hydrogen-bond acceptors (Lipinski definition) is 10. The second-order valence-electron chi connectivity index (χ2n) is 17.1. The molecule has 2 aliphatic heterocycles. The van der Waals surface area contributed by atoms with Crippen molar-refractivity contribution in [2.24, 2.45) is 11.8 Å². The van der Waals surface area contributed by atoms with Gasteiger partial charge in [0.25, 0.3) is 0 Å². The van der Waals surface area contributed by atoms with E-state index in [0.29, 0.717) is 31.3 Å². The highest BCUT2D eigenvalue weighted by Crippen LogP contribution is 2.36. The lowest BCUT2D eigenvalue weighted by Gasteiger charge is -2.31. The number of fused-ring (bicyclic) bond motifs is 1. The minimum Gasteiger partial charge on any atom is -0.453 e. The van der Waals surface area contributed by atoms with Crippen LogP contribution in [0, 0.1) is 11.8 Å². The SMILES string of the molecule is COC(=O)N[C@@H](CC1CCCCC1)C(=O)N1CCC[C@H]1c1ncc(-c2ccc3nc(-c4ccc(-c5cnc([C@@H]6CCCN6C(=O)[C@@H](NC(=O)OC)C(C)C)[nH]5)cc4)cnc3c2)[nH]1. The van der Waals surface area contributed by atoms with Gasteiger partial charge in [-0.25, -0.2) is 24.5 Å². The fourth-order valence-corrected chi connectivity index (χ4v) is 9.33. The normalized spacial score (nSPS) is 19.1. The second-order valence-corrected chi connectivity index (χ2v) is 17.1. The van der Waals surface area contributed by atoms with E-state index in [2.05, 4.69) is 25.6 Å². The first-order chi connectivity index (χ1) is 30.1. The molecule has 0 spiro atoms. The van der Waals surface area contributed by atoms with Crippen molar-refractivity contribution in [2.75, 3.05) is 27.3 Å². The summed E-state index contributed by atoms with van der Waals surface area (Å²) in [5, 5.41) is 5.53. The van der Waals surface area contributed by atoms with Crippen LogP contribution in [0.2, 0.25) is 0 Å². The van der Waals surface area contributed by atoms with Crippen molar-refractivity contribution < 1.29 is 28.7 Å². The smallest absolute Gasteiger partial charge is 0.407 e. The highest BCUT2D eigenvalue weighted by atomic mass is 16.5. The Balaban J connectivity index is 0.929. The number of aromatic nitrogens is 6. The number of rotatable bonds is 12. The van der Waals surface area contributed by atoms with E-state index in [1.807, 2.05) is 61.2 Å². The molecular formula is C46H56N10O6. The molecule has 0 unspecified atom stereocenters. The molecule has 5 aromatic rings. The number of ether oxygens (including phenoxy) is 2. The highest BCUT2D eigenvalue weighted by Gasteiger charge is 2.39. The summed E-state index contributed by atoms with van der Waals surface area (Å²) < 4.78 is 9.66. The van der Waals surface area contributed by atoms with Gasteiger partial charge in [-0.15, -0.1) is 0 Å². The van der Waals surface area contributed by atoms with Crippen molar-refractivity contribution in [1.29, 1.82) is 0 Å². The number of carbonyl (C=O) groups is 4. The molecule has 4 atom stereocenters. The molecule has 4 amide bonds. The van der Waals surface area contributed by atoms with E-state index in [9.17, 15) is 19.2 Å². The van der Waals surface area contributed by atoms with Crippen LogP contribution in [0.3, 0.4) is 0 Å². The number of alkyl carbamates (subject to hydrolysis) is 2. The number of amides is 4. The Labute approximate surface area is 361 Å². The predicted molar refractivity (Wildman–Crippen MR) is 232 cm³/mol. The summed E-state index contributed by atoms with van der Waals surface area (Å²) in [4.78, 5) is 81.6. The zero-order valence-corrected chi connectivity index (χ0v) is 35.9. The first kappa shape index (κ1) is 42.4. The van der Waals surface area contributed by atoms with Gasteiger partial charge < -0.3 is 39.9 Å². The van der Waals surface area contributed by atoms with E-state index in [-0.39, 0.29) is 29.8 Å². The number of hydrogen-bond donors (Lipinski definition) is 4. The third-order valence-electron chi connectivity index (χ3n) is 12.7. The lowest BCUT2D eigenvalue weighted by molar-refractivity contribution is -0.136. The van der Waals surface area contributed by atoms with Crippen LogP contribution in [0.25, 0.3) is 44.8 Å². The Morgan fingerprint density at radius 2 is 1.26 bits per heavy atom. The van der Waals surface area contributed by atoms with E-state index < -0.39 is 24.3 Å². The van der Waals surface area contributed by atoms with Crippen molar-refractivity contribution >= 4 is 35.0 Å². The third kappa shape index (κ3) is 9.14. The molecule has 3 aromatic heterocycles. The van der Waals surface area contributed by atoms with Gasteiger partial charge in [-0.2, -0.15) is 0 Å². The molecule has 62 heavy (non-hydrogen) atoms. The molecule has 0 radical (unpaired) electrons. The Hall–Kier alpha value is -6.32. The van der Waals surface area contributed by atoms with E-state index >= 15 is 0 Å². The summed E-state index contributed by atoms with van der Waals surface area (Å²) in [6.07, 6.45) is 13.7. The van der Waals surface area contributed by atoms with E-state index in [0.717, 1.165) is 102 Å². The van der Waals surface area contributed by atoms with Gasteiger partial charge in [0.05, 0.1) is 73.0 Å². The van der Waals surface area contributed by atoms with Gasteiger partial charge in [0, 0.05) is 24.2 Å². The van der Waals surface area contributed by atoms with Crippen molar-refractivity contribution in [2.45, 2.75) is 102 Å². The fourth-order valence-electron chi connectivity index (χ4n) is 9.33. The number of carbonyl (C=O) groups excluding carboxylic acids is 4. The van der Waals surface area contributed by atoms with Crippen LogP contribution in [0.15, 0.2) is 61.1 Å². The van der Waals surface area contributed by atoms with Gasteiger partial charge in [0.2, 0.25) is 11.8 Å². The summed E-state index contributed by atoms with van der Waals surface area (Å²) in [5.74, 6) is 1.48. The zero-order valence-electron chi connectivity index (χ0n) is 35.9. The minimum absolute atomic E-state index is 0.0860. The van der Waals surface area contributed by atoms with Crippen LogP contribution in [0.5, 0.6) is 0 Å². The lowest BCUT2D eigenvalue weighted by atomic mass is 9.84. The molecule has 3 aliphatic rings. The summed E-state index contributed by atoms with van der Waals surface area (Å²) in [5.41, 5.74) is 6.63. The van der Waals surface area contributed by atoms with Crippen LogP contribution in [-0.2, 0) is 19.1 Å². The Morgan fingerprint density at radius 1 is 0.677 bits per heavy atom. The van der Waals surface area contributed by atoms with Crippen LogP contribution >= 0.6 is 0 Å². The van der Waals surface area contributed by atoms with Crippen molar-refractivity contribution in [3.63, 3.8) is 0 Å². The number of aromatic amines is 2. The van der Waals surface area contributed by atoms with E-state index in [1.54, 1.807) is 23.5 Å². The number of H-pyrrole nitrogens is 2. The van der Waals surface area contributed by atoms with Crippen LogP contribution in [0.1, 0.15) is 102 Å². The molecule has 16 heteroatoms. The molecule has 2 aromatic carbocycles. The summed E-state index contributed by atoms with van der Waals surface area (Å²) >= 11 is 0. The zero-order chi connectivity index (χ0) is 43.3. The molecule has 4 N–H and O–H groups in total. The Bertz CT molecular complexity index is 2390. The van der Waals surface area contributed by atoms with E-state index in [1.165, 1.54) is 20.6 Å². The first-order valence-corrected chi connectivity index (χ1v) is 21.9. The van der Waals surface area contributed by atoms with Crippen molar-refractivity contribution in [1.82, 2.24) is 50.3 Å². The van der Waals surface area contributed by atoms with Gasteiger partial charge in [0.1, 0.15) is 23.7 Å². The maximum Gasteiger partial charge on any atom is 0.407 e. The summed E-state index contributed by atoms with van der Waals surface area (Å²) in [6, 6.07) is 12.2. The number of nitrogens with zero attached hydrogens (tertiary/aromatic N) is 6. The highest BCUT2D eigenvalue weighted by molar-refractivity contribution is 5.87. The van der Waals surface area contributed by atoms with Crippen LogP contribution in [-0.4, -0.2) is 103 Å². The Morgan fingerprint density at radius 3 is 1.89 bits per heavy atom. The number of methoxy groups -OCH3 is 2. The molecule has 1 aliphatic carbocycles. The molecule has 2 saturated heterocycles. The average molecular weight is 845 g/mol. The van der Waals surface area contributed by atoms with Crippen molar-refractivity contribution in [3.8, 4) is 33.8 Å². The molecule has 326 valence electrons. The van der Waals surface area contributed by atoms with Crippen molar-refractivity contribution in [3.05, 3.63) is 72.7 Å². The molecule has 5 heterocycles. The predicted octanol–water partition coefficient (Wildman–Crippen LogP) is 7.48. The standard InChI is InChI=1S/C46H56N10O6/c1-27(2)40(54-46(60)62-4)44(58)56-21-9-13-39(56)42-48-25-36(51-42)30-16-14-29(15-17-30)35-24-47-33-23-31(18-19-32(33)50-35)37-26-49-41(52-37)38-12-8-20-55(38)43(57)34(53-45(59)61-3)22-28-10-6-5-7-11-28/h14-19,23-28,34,38-40H,5-13,20-22H2,1-4H3,(H,48,51)(H,49,52)(H,53,59)(H,54,60)/t34-,38-,39-,40-/m0/s1. The topological polar surface area (TPSA) is 200 Å². The number of benzene rings is 2. The van der Waals surface area contributed by atoms with E-state index in [4.69, 9.17) is 24.4 Å². The van der Waals surface area contributed by atoms with Crippen LogP contribution < -0.4 is 10.6 Å². The average Bonchev–Trinajstić information content (AvgIpc) is 4.15. The van der Waals surface area contributed by atoms with Gasteiger partial charge in [-0.05, 0) is 61.6 Å². The second kappa shape index (κ2) is 18.7. The van der Waals surface area contributed by atoms with Crippen LogP contribution in [0.4, 0.5) is 9.59 Å². The molecule has 16 nitrogen and oxygen atoms in total. The Kier molecular flexibility index (Phi) is 12.8. The van der Waals surface area contributed by atoms with Gasteiger partial charge in [-0.3, -0.25) is 14.6 Å². The largest absolute Gasteiger partial charge is 0.453 e. The monoisotopic (exact) mass is 844 g/mol. The molecule has 3 fully saturated rings. The maximum atomic E-state index is 14.0. The van der Waals surface area contributed by atoms with Gasteiger partial charge >= 0.3 is 12.2 Å². The fraction of sp³-hybridized carbons (Fsp3) is 0.478. The molecular weight excluding hydrogens is 789 g/mol.